The Bertz CT molecular complexity index is 1430. The average Bonchev–Trinajstić information content (AvgIpc) is 3.45. The first-order valence-electron chi connectivity index (χ1n) is 12.2. The van der Waals surface area contributed by atoms with Crippen molar-refractivity contribution in [2.75, 3.05) is 24.0 Å². The largest absolute Gasteiger partial charge is 0.454 e. The van der Waals surface area contributed by atoms with Crippen LogP contribution in [0, 0.1) is 12.8 Å². The summed E-state index contributed by atoms with van der Waals surface area (Å²) >= 11 is 1.22. The van der Waals surface area contributed by atoms with E-state index in [-0.39, 0.29) is 36.1 Å². The Morgan fingerprint density at radius 1 is 0.921 bits per heavy atom. The molecular weight excluding hydrogens is 502 g/mol. The minimum absolute atomic E-state index is 0.139. The summed E-state index contributed by atoms with van der Waals surface area (Å²) in [6, 6.07) is 19.8. The summed E-state index contributed by atoms with van der Waals surface area (Å²) in [7, 11) is 0. The lowest BCUT2D eigenvalue weighted by Gasteiger charge is -2.17. The Kier molecular flexibility index (Phi) is 7.11. The number of amides is 3. The summed E-state index contributed by atoms with van der Waals surface area (Å²) in [5, 5.41) is 6.03. The second-order valence-corrected chi connectivity index (χ2v) is 10.5. The number of nitrogens with one attached hydrogen (secondary N) is 2. The highest BCUT2D eigenvalue weighted by molar-refractivity contribution is 8.04. The van der Waals surface area contributed by atoms with Crippen molar-refractivity contribution < 1.29 is 23.9 Å². The molecule has 3 aromatic carbocycles. The molecule has 0 saturated carbocycles. The van der Waals surface area contributed by atoms with Crippen molar-refractivity contribution in [2.24, 2.45) is 5.92 Å². The zero-order chi connectivity index (χ0) is 26.8. The molecule has 9 heteroatoms. The molecule has 8 nitrogen and oxygen atoms in total. The third-order valence-corrected chi connectivity index (χ3v) is 7.05. The summed E-state index contributed by atoms with van der Waals surface area (Å²) in [5.41, 5.74) is 3.15. The van der Waals surface area contributed by atoms with Gasteiger partial charge in [-0.15, -0.1) is 0 Å². The smallest absolute Gasteiger partial charge is 0.278 e. The SMILES string of the molecule is Cc1ccc(NC2=C(Sc3ccc(NC(=O)c4ccc5c(c4)OCO5)cc3)C(=O)N(CC(C)C)C2=O)cc1. The Morgan fingerprint density at radius 3 is 2.32 bits per heavy atom. The fourth-order valence-electron chi connectivity index (χ4n) is 4.04. The molecule has 2 aliphatic heterocycles. The highest BCUT2D eigenvalue weighted by atomic mass is 32.2. The van der Waals surface area contributed by atoms with Crippen LogP contribution in [0.3, 0.4) is 0 Å². The van der Waals surface area contributed by atoms with Crippen LogP contribution in [-0.2, 0) is 9.59 Å². The van der Waals surface area contributed by atoms with Crippen LogP contribution in [0.1, 0.15) is 29.8 Å². The molecule has 0 saturated heterocycles. The van der Waals surface area contributed by atoms with Gasteiger partial charge in [-0.1, -0.05) is 43.3 Å². The van der Waals surface area contributed by atoms with Gasteiger partial charge in [-0.2, -0.15) is 0 Å². The van der Waals surface area contributed by atoms with E-state index >= 15 is 0 Å². The van der Waals surface area contributed by atoms with E-state index in [9.17, 15) is 14.4 Å². The lowest BCUT2D eigenvalue weighted by atomic mass is 10.2. The van der Waals surface area contributed by atoms with Crippen LogP contribution in [0.15, 0.2) is 82.2 Å². The first kappa shape index (κ1) is 25.4. The van der Waals surface area contributed by atoms with Gasteiger partial charge in [0.15, 0.2) is 11.5 Å². The van der Waals surface area contributed by atoms with Gasteiger partial charge >= 0.3 is 0 Å². The van der Waals surface area contributed by atoms with E-state index in [1.165, 1.54) is 16.7 Å². The van der Waals surface area contributed by atoms with Crippen molar-refractivity contribution in [3.05, 3.63) is 88.5 Å². The molecule has 3 aromatic rings. The summed E-state index contributed by atoms with van der Waals surface area (Å²) in [4.78, 5) is 41.6. The maximum absolute atomic E-state index is 13.3. The van der Waals surface area contributed by atoms with E-state index in [1.54, 1.807) is 42.5 Å². The normalized spacial score (nSPS) is 14.5. The Morgan fingerprint density at radius 2 is 1.61 bits per heavy atom. The molecule has 0 spiro atoms. The summed E-state index contributed by atoms with van der Waals surface area (Å²) in [5.74, 6) is 0.357. The van der Waals surface area contributed by atoms with Gasteiger partial charge in [-0.05, 0) is 67.4 Å². The van der Waals surface area contributed by atoms with E-state index in [4.69, 9.17) is 9.47 Å². The topological polar surface area (TPSA) is 97.0 Å². The summed E-state index contributed by atoms with van der Waals surface area (Å²) in [6.45, 7) is 6.40. The van der Waals surface area contributed by atoms with Crippen molar-refractivity contribution in [1.29, 1.82) is 0 Å². The Balaban J connectivity index is 1.33. The number of hydrogen-bond acceptors (Lipinski definition) is 7. The number of carbonyl (C=O) groups is 3. The van der Waals surface area contributed by atoms with Crippen LogP contribution in [0.4, 0.5) is 11.4 Å². The van der Waals surface area contributed by atoms with Crippen molar-refractivity contribution in [3.8, 4) is 11.5 Å². The molecule has 0 aliphatic carbocycles. The van der Waals surface area contributed by atoms with E-state index in [0.717, 1.165) is 16.1 Å². The average molecular weight is 530 g/mol. The number of nitrogens with zero attached hydrogens (tertiary/aromatic N) is 1. The number of benzene rings is 3. The molecule has 0 radical (unpaired) electrons. The van der Waals surface area contributed by atoms with Gasteiger partial charge in [0, 0.05) is 28.4 Å². The van der Waals surface area contributed by atoms with E-state index in [0.29, 0.717) is 34.2 Å². The molecule has 38 heavy (non-hydrogen) atoms. The Hall–Kier alpha value is -4.24. The third kappa shape index (κ3) is 5.38. The molecule has 2 heterocycles. The first-order valence-corrected chi connectivity index (χ1v) is 13.0. The standard InChI is InChI=1S/C29H27N3O5S/c1-17(2)15-32-28(34)25(30-20-7-4-18(3)5-8-20)26(29(32)35)38-22-11-9-21(10-12-22)31-27(33)19-6-13-23-24(14-19)37-16-36-23/h4-14,17,30H,15-16H2,1-3H3,(H,31,33). The van der Waals surface area contributed by atoms with Crippen LogP contribution in [-0.4, -0.2) is 36.0 Å². The molecule has 0 unspecified atom stereocenters. The van der Waals surface area contributed by atoms with Crippen LogP contribution < -0.4 is 20.1 Å². The van der Waals surface area contributed by atoms with Gasteiger partial charge in [0.05, 0.1) is 0 Å². The number of hydrogen-bond donors (Lipinski definition) is 2. The molecule has 194 valence electrons. The number of ether oxygens (including phenoxy) is 2. The minimum atomic E-state index is -0.334. The number of thioether (sulfide) groups is 1. The third-order valence-electron chi connectivity index (χ3n) is 5.96. The van der Waals surface area contributed by atoms with Gasteiger partial charge in [0.1, 0.15) is 10.6 Å². The maximum Gasteiger partial charge on any atom is 0.278 e. The van der Waals surface area contributed by atoms with Gasteiger partial charge in [-0.3, -0.25) is 19.3 Å². The zero-order valence-electron chi connectivity index (χ0n) is 21.2. The zero-order valence-corrected chi connectivity index (χ0v) is 22.1. The molecule has 3 amide bonds. The molecule has 0 fully saturated rings. The number of fused-ring (bicyclic) bond motifs is 1. The summed E-state index contributed by atoms with van der Waals surface area (Å²) < 4.78 is 10.6. The monoisotopic (exact) mass is 529 g/mol. The second kappa shape index (κ2) is 10.6. The second-order valence-electron chi connectivity index (χ2n) is 9.46. The number of imide groups is 1. The van der Waals surface area contributed by atoms with E-state index < -0.39 is 0 Å². The van der Waals surface area contributed by atoms with Gasteiger partial charge < -0.3 is 20.1 Å². The van der Waals surface area contributed by atoms with Crippen molar-refractivity contribution >= 4 is 40.9 Å². The molecule has 0 bridgehead atoms. The molecule has 2 N–H and O–H groups in total. The van der Waals surface area contributed by atoms with E-state index in [1.807, 2.05) is 45.0 Å². The molecule has 0 aromatic heterocycles. The summed E-state index contributed by atoms with van der Waals surface area (Å²) in [6.07, 6.45) is 0. The highest BCUT2D eigenvalue weighted by Gasteiger charge is 2.39. The maximum atomic E-state index is 13.3. The fraction of sp³-hybridized carbons (Fsp3) is 0.207. The molecule has 0 atom stereocenters. The first-order chi connectivity index (χ1) is 18.3. The lowest BCUT2D eigenvalue weighted by molar-refractivity contribution is -0.137. The number of anilines is 2. The van der Waals surface area contributed by atoms with Gasteiger partial charge in [0.2, 0.25) is 6.79 Å². The number of aryl methyl sites for hydroxylation is 1. The quantitative estimate of drug-likeness (QED) is 0.376. The molecule has 2 aliphatic rings. The van der Waals surface area contributed by atoms with Gasteiger partial charge in [-0.25, -0.2) is 0 Å². The van der Waals surface area contributed by atoms with Crippen molar-refractivity contribution in [2.45, 2.75) is 25.7 Å². The minimum Gasteiger partial charge on any atom is -0.454 e. The highest BCUT2D eigenvalue weighted by Crippen LogP contribution is 2.37. The Labute approximate surface area is 225 Å². The predicted molar refractivity (Wildman–Crippen MR) is 146 cm³/mol. The van der Waals surface area contributed by atoms with Crippen LogP contribution in [0.25, 0.3) is 0 Å². The number of rotatable bonds is 8. The fourth-order valence-corrected chi connectivity index (χ4v) is 4.98. The van der Waals surface area contributed by atoms with Crippen molar-refractivity contribution in [3.63, 3.8) is 0 Å². The molecule has 5 rings (SSSR count). The molecular formula is C29H27N3O5S. The van der Waals surface area contributed by atoms with Gasteiger partial charge in [0.25, 0.3) is 17.7 Å². The van der Waals surface area contributed by atoms with Crippen LogP contribution >= 0.6 is 11.8 Å². The van der Waals surface area contributed by atoms with Crippen LogP contribution in [0.5, 0.6) is 11.5 Å². The predicted octanol–water partition coefficient (Wildman–Crippen LogP) is 5.42. The van der Waals surface area contributed by atoms with E-state index in [2.05, 4.69) is 10.6 Å². The lowest BCUT2D eigenvalue weighted by Crippen LogP contribution is -2.35. The van der Waals surface area contributed by atoms with Crippen LogP contribution in [0.2, 0.25) is 0 Å². The number of carbonyl (C=O) groups excluding carboxylic acids is 3. The van der Waals surface area contributed by atoms with Crippen molar-refractivity contribution in [1.82, 2.24) is 4.90 Å².